The SMILES string of the molecule is N=C(N)c1ccncc1Sc1ccc2ccccc2c1. The van der Waals surface area contributed by atoms with E-state index >= 15 is 0 Å². The van der Waals surface area contributed by atoms with Crippen LogP contribution in [0.5, 0.6) is 0 Å². The number of nitrogen functional groups attached to an aromatic ring is 1. The molecule has 0 aliphatic rings. The minimum Gasteiger partial charge on any atom is -0.384 e. The molecule has 3 N–H and O–H groups in total. The maximum absolute atomic E-state index is 7.61. The molecule has 98 valence electrons. The Kier molecular flexibility index (Phi) is 3.39. The van der Waals surface area contributed by atoms with E-state index in [1.165, 1.54) is 10.8 Å². The molecule has 0 aliphatic carbocycles. The third-order valence-electron chi connectivity index (χ3n) is 3.02. The van der Waals surface area contributed by atoms with Gasteiger partial charge in [0.25, 0.3) is 0 Å². The molecule has 1 heterocycles. The summed E-state index contributed by atoms with van der Waals surface area (Å²) >= 11 is 1.57. The zero-order chi connectivity index (χ0) is 13.9. The van der Waals surface area contributed by atoms with Crippen molar-refractivity contribution in [3.63, 3.8) is 0 Å². The fourth-order valence-corrected chi connectivity index (χ4v) is 3.02. The second kappa shape index (κ2) is 5.35. The highest BCUT2D eigenvalue weighted by Crippen LogP contribution is 2.31. The van der Waals surface area contributed by atoms with Gasteiger partial charge in [-0.25, -0.2) is 0 Å². The van der Waals surface area contributed by atoms with Crippen molar-refractivity contribution in [3.05, 3.63) is 66.5 Å². The van der Waals surface area contributed by atoms with Gasteiger partial charge in [-0.1, -0.05) is 42.1 Å². The number of hydrogen-bond acceptors (Lipinski definition) is 3. The van der Waals surface area contributed by atoms with E-state index in [2.05, 4.69) is 35.3 Å². The highest BCUT2D eigenvalue weighted by molar-refractivity contribution is 7.99. The minimum absolute atomic E-state index is 0.0655. The monoisotopic (exact) mass is 279 g/mol. The molecule has 2 aromatic carbocycles. The molecule has 0 radical (unpaired) electrons. The number of aromatic nitrogens is 1. The largest absolute Gasteiger partial charge is 0.384 e. The normalized spacial score (nSPS) is 10.6. The van der Waals surface area contributed by atoms with Crippen LogP contribution in [0.3, 0.4) is 0 Å². The molecule has 3 aromatic rings. The zero-order valence-corrected chi connectivity index (χ0v) is 11.5. The average molecular weight is 279 g/mol. The second-order valence-electron chi connectivity index (χ2n) is 4.40. The molecule has 0 saturated carbocycles. The van der Waals surface area contributed by atoms with E-state index in [4.69, 9.17) is 11.1 Å². The molecule has 0 atom stereocenters. The summed E-state index contributed by atoms with van der Waals surface area (Å²) in [5, 5.41) is 10.0. The molecule has 3 rings (SSSR count). The first-order valence-corrected chi connectivity index (χ1v) is 7.01. The molecule has 0 bridgehead atoms. The lowest BCUT2D eigenvalue weighted by Gasteiger charge is -2.07. The first-order chi connectivity index (χ1) is 9.74. The quantitative estimate of drug-likeness (QED) is 0.568. The molecule has 20 heavy (non-hydrogen) atoms. The van der Waals surface area contributed by atoms with E-state index in [1.807, 2.05) is 12.1 Å². The number of nitrogens with one attached hydrogen (secondary N) is 1. The van der Waals surface area contributed by atoms with Crippen molar-refractivity contribution in [2.24, 2.45) is 5.73 Å². The van der Waals surface area contributed by atoms with E-state index < -0.39 is 0 Å². The molecule has 0 fully saturated rings. The summed E-state index contributed by atoms with van der Waals surface area (Å²) < 4.78 is 0. The topological polar surface area (TPSA) is 62.8 Å². The van der Waals surface area contributed by atoms with Crippen molar-refractivity contribution in [3.8, 4) is 0 Å². The fraction of sp³-hybridized carbons (Fsp3) is 0. The lowest BCUT2D eigenvalue weighted by Crippen LogP contribution is -2.12. The van der Waals surface area contributed by atoms with Crippen LogP contribution >= 0.6 is 11.8 Å². The van der Waals surface area contributed by atoms with Gasteiger partial charge in [0, 0.05) is 27.7 Å². The number of nitrogens with two attached hydrogens (primary N) is 1. The molecule has 0 saturated heterocycles. The predicted octanol–water partition coefficient (Wildman–Crippen LogP) is 3.67. The highest BCUT2D eigenvalue weighted by atomic mass is 32.2. The van der Waals surface area contributed by atoms with Crippen molar-refractivity contribution in [1.82, 2.24) is 4.98 Å². The highest BCUT2D eigenvalue weighted by Gasteiger charge is 2.07. The van der Waals surface area contributed by atoms with E-state index in [-0.39, 0.29) is 5.84 Å². The minimum atomic E-state index is 0.0655. The summed E-state index contributed by atoms with van der Waals surface area (Å²) in [6.45, 7) is 0. The van der Waals surface area contributed by atoms with Crippen molar-refractivity contribution in [1.29, 1.82) is 5.41 Å². The summed E-state index contributed by atoms with van der Waals surface area (Å²) in [5.41, 5.74) is 6.32. The Bertz CT molecular complexity index is 783. The van der Waals surface area contributed by atoms with Crippen LogP contribution in [0, 0.1) is 5.41 Å². The summed E-state index contributed by atoms with van der Waals surface area (Å²) in [6, 6.07) is 16.3. The van der Waals surface area contributed by atoms with E-state index in [9.17, 15) is 0 Å². The third kappa shape index (κ3) is 2.51. The number of rotatable bonds is 3. The summed E-state index contributed by atoms with van der Waals surface area (Å²) in [4.78, 5) is 6.12. The van der Waals surface area contributed by atoms with E-state index in [0.717, 1.165) is 15.4 Å². The van der Waals surface area contributed by atoms with Crippen LogP contribution in [-0.2, 0) is 0 Å². The average Bonchev–Trinajstić information content (AvgIpc) is 2.47. The smallest absolute Gasteiger partial charge is 0.124 e. The van der Waals surface area contributed by atoms with Gasteiger partial charge < -0.3 is 5.73 Å². The number of amidine groups is 1. The Hall–Kier alpha value is -2.33. The number of pyridine rings is 1. The Labute approximate surface area is 121 Å². The van der Waals surface area contributed by atoms with Crippen molar-refractivity contribution >= 4 is 28.4 Å². The molecule has 1 aromatic heterocycles. The van der Waals surface area contributed by atoms with Crippen molar-refractivity contribution < 1.29 is 0 Å². The molecule has 0 spiro atoms. The number of hydrogen-bond donors (Lipinski definition) is 2. The Morgan fingerprint density at radius 2 is 1.85 bits per heavy atom. The number of nitrogens with zero attached hydrogens (tertiary/aromatic N) is 1. The van der Waals surface area contributed by atoms with Gasteiger partial charge in [-0.15, -0.1) is 0 Å². The lowest BCUT2D eigenvalue weighted by atomic mass is 10.1. The van der Waals surface area contributed by atoms with Crippen LogP contribution in [-0.4, -0.2) is 10.8 Å². The number of benzene rings is 2. The Morgan fingerprint density at radius 3 is 2.65 bits per heavy atom. The van der Waals surface area contributed by atoms with Crippen molar-refractivity contribution in [2.75, 3.05) is 0 Å². The van der Waals surface area contributed by atoms with Gasteiger partial charge in [0.2, 0.25) is 0 Å². The van der Waals surface area contributed by atoms with Crippen LogP contribution in [0.25, 0.3) is 10.8 Å². The van der Waals surface area contributed by atoms with Gasteiger partial charge in [-0.05, 0) is 29.0 Å². The van der Waals surface area contributed by atoms with Crippen LogP contribution in [0.1, 0.15) is 5.56 Å². The molecular formula is C16H13N3S. The van der Waals surface area contributed by atoms with Crippen LogP contribution in [0.4, 0.5) is 0 Å². The van der Waals surface area contributed by atoms with Gasteiger partial charge in [0.05, 0.1) is 0 Å². The van der Waals surface area contributed by atoms with E-state index in [0.29, 0.717) is 0 Å². The standard InChI is InChI=1S/C16H13N3S/c17-16(18)14-7-8-19-10-15(14)20-13-6-5-11-3-1-2-4-12(11)9-13/h1-10H,(H3,17,18). The summed E-state index contributed by atoms with van der Waals surface area (Å²) in [6.07, 6.45) is 3.40. The van der Waals surface area contributed by atoms with Crippen molar-refractivity contribution in [2.45, 2.75) is 9.79 Å². The van der Waals surface area contributed by atoms with Crippen LogP contribution in [0.15, 0.2) is 70.7 Å². The summed E-state index contributed by atoms with van der Waals surface area (Å²) in [7, 11) is 0. The Balaban J connectivity index is 1.99. The number of fused-ring (bicyclic) bond motifs is 1. The zero-order valence-electron chi connectivity index (χ0n) is 10.7. The Morgan fingerprint density at radius 1 is 1.05 bits per heavy atom. The van der Waals surface area contributed by atoms with Gasteiger partial charge in [-0.2, -0.15) is 0 Å². The van der Waals surface area contributed by atoms with Gasteiger partial charge >= 0.3 is 0 Å². The molecule has 0 unspecified atom stereocenters. The maximum atomic E-state index is 7.61. The lowest BCUT2D eigenvalue weighted by molar-refractivity contribution is 1.21. The summed E-state index contributed by atoms with van der Waals surface area (Å²) in [5.74, 6) is 0.0655. The molecule has 0 aliphatic heterocycles. The van der Waals surface area contributed by atoms with Crippen LogP contribution in [0.2, 0.25) is 0 Å². The molecule has 3 nitrogen and oxygen atoms in total. The van der Waals surface area contributed by atoms with Gasteiger partial charge in [-0.3, -0.25) is 10.4 Å². The predicted molar refractivity (Wildman–Crippen MR) is 83.3 cm³/mol. The van der Waals surface area contributed by atoms with Gasteiger partial charge in [0.15, 0.2) is 0 Å². The first kappa shape index (κ1) is 12.7. The molecular weight excluding hydrogens is 266 g/mol. The molecule has 0 amide bonds. The molecule has 4 heteroatoms. The van der Waals surface area contributed by atoms with E-state index in [1.54, 1.807) is 30.2 Å². The van der Waals surface area contributed by atoms with Gasteiger partial charge in [0.1, 0.15) is 5.84 Å². The second-order valence-corrected chi connectivity index (χ2v) is 5.51. The first-order valence-electron chi connectivity index (χ1n) is 6.19. The maximum Gasteiger partial charge on any atom is 0.124 e. The fourth-order valence-electron chi connectivity index (χ4n) is 2.04. The third-order valence-corrected chi connectivity index (χ3v) is 4.06. The van der Waals surface area contributed by atoms with Crippen LogP contribution < -0.4 is 5.73 Å².